The molecule has 25 heavy (non-hydrogen) atoms. The Morgan fingerprint density at radius 1 is 1.12 bits per heavy atom. The van der Waals surface area contributed by atoms with E-state index in [0.29, 0.717) is 5.56 Å². The fourth-order valence-electron chi connectivity index (χ4n) is 2.66. The summed E-state index contributed by atoms with van der Waals surface area (Å²) in [6.45, 7) is 3.09. The minimum Gasteiger partial charge on any atom is -0.489 e. The molecule has 0 bridgehead atoms. The molecule has 0 aliphatic carbocycles. The third-order valence-corrected chi connectivity index (χ3v) is 4.19. The van der Waals surface area contributed by atoms with Crippen LogP contribution in [0.25, 0.3) is 0 Å². The fraction of sp³-hybridized carbons (Fsp3) is 0.250. The van der Waals surface area contributed by atoms with Crippen LogP contribution < -0.4 is 10.1 Å². The summed E-state index contributed by atoms with van der Waals surface area (Å²) in [7, 11) is 1.94. The highest BCUT2D eigenvalue weighted by molar-refractivity contribution is 5.28. The molecule has 0 unspecified atom stereocenters. The molecule has 0 aliphatic heterocycles. The van der Waals surface area contributed by atoms with E-state index < -0.39 is 0 Å². The Morgan fingerprint density at radius 2 is 1.88 bits per heavy atom. The van der Waals surface area contributed by atoms with E-state index in [2.05, 4.69) is 17.3 Å². The number of nitrogens with zero attached hydrogens (tertiary/aromatic N) is 2. The average molecular weight is 339 g/mol. The van der Waals surface area contributed by atoms with E-state index in [4.69, 9.17) is 4.74 Å². The monoisotopic (exact) mass is 339 g/mol. The van der Waals surface area contributed by atoms with Crippen LogP contribution in [0.2, 0.25) is 0 Å². The second-order valence-electron chi connectivity index (χ2n) is 6.01. The second-order valence-corrected chi connectivity index (χ2v) is 6.01. The molecular formula is C20H22FN3O. The summed E-state index contributed by atoms with van der Waals surface area (Å²) in [4.78, 5) is 0. The van der Waals surface area contributed by atoms with Gasteiger partial charge in [0, 0.05) is 31.4 Å². The molecule has 0 saturated heterocycles. The van der Waals surface area contributed by atoms with Crippen molar-refractivity contribution in [1.29, 1.82) is 0 Å². The molecule has 3 rings (SSSR count). The second kappa shape index (κ2) is 7.94. The molecule has 0 amide bonds. The topological polar surface area (TPSA) is 39.1 Å². The van der Waals surface area contributed by atoms with Crippen molar-refractivity contribution in [1.82, 2.24) is 15.1 Å². The van der Waals surface area contributed by atoms with E-state index in [-0.39, 0.29) is 18.5 Å². The minimum absolute atomic E-state index is 0.212. The molecule has 5 heteroatoms. The minimum atomic E-state index is -0.243. The van der Waals surface area contributed by atoms with Gasteiger partial charge in [0.2, 0.25) is 0 Å². The van der Waals surface area contributed by atoms with Gasteiger partial charge in [0.1, 0.15) is 18.2 Å². The van der Waals surface area contributed by atoms with Gasteiger partial charge < -0.3 is 10.1 Å². The Bertz CT molecular complexity index is 814. The van der Waals surface area contributed by atoms with Gasteiger partial charge in [0.15, 0.2) is 0 Å². The zero-order valence-electron chi connectivity index (χ0n) is 14.4. The lowest BCUT2D eigenvalue weighted by atomic mass is 10.2. The first kappa shape index (κ1) is 17.2. The molecule has 130 valence electrons. The summed E-state index contributed by atoms with van der Waals surface area (Å²) in [6, 6.07) is 16.7. The van der Waals surface area contributed by atoms with Gasteiger partial charge in [-0.2, -0.15) is 5.10 Å². The summed E-state index contributed by atoms with van der Waals surface area (Å²) in [5.41, 5.74) is 2.86. The van der Waals surface area contributed by atoms with Gasteiger partial charge in [-0.3, -0.25) is 4.68 Å². The number of ether oxygens (including phenoxy) is 1. The third kappa shape index (κ3) is 4.45. The zero-order chi connectivity index (χ0) is 17.6. The van der Waals surface area contributed by atoms with Crippen molar-refractivity contribution >= 4 is 0 Å². The lowest BCUT2D eigenvalue weighted by molar-refractivity contribution is 0.299. The fourth-order valence-corrected chi connectivity index (χ4v) is 2.66. The van der Waals surface area contributed by atoms with Crippen molar-refractivity contribution in [3.8, 4) is 5.75 Å². The van der Waals surface area contributed by atoms with Crippen LogP contribution in [0.1, 0.15) is 29.8 Å². The molecule has 0 spiro atoms. The summed E-state index contributed by atoms with van der Waals surface area (Å²) in [5, 5.41) is 7.67. The number of halogens is 1. The van der Waals surface area contributed by atoms with E-state index in [9.17, 15) is 4.39 Å². The van der Waals surface area contributed by atoms with Gasteiger partial charge >= 0.3 is 0 Å². The number of aromatic nitrogens is 2. The SMILES string of the molecule is C[C@H](NCc1ccc(OCc2ccccc2F)cc1)c1ccnn1C. The molecule has 0 radical (unpaired) electrons. The number of hydrogen-bond acceptors (Lipinski definition) is 3. The van der Waals surface area contributed by atoms with Crippen molar-refractivity contribution in [2.45, 2.75) is 26.1 Å². The molecule has 1 heterocycles. The highest BCUT2D eigenvalue weighted by Crippen LogP contribution is 2.17. The zero-order valence-corrected chi connectivity index (χ0v) is 14.4. The molecule has 3 aromatic rings. The van der Waals surface area contributed by atoms with Crippen LogP contribution in [0.3, 0.4) is 0 Å². The molecule has 1 N–H and O–H groups in total. The molecule has 0 aliphatic rings. The maximum atomic E-state index is 13.6. The van der Waals surface area contributed by atoms with E-state index >= 15 is 0 Å². The summed E-state index contributed by atoms with van der Waals surface area (Å²) >= 11 is 0. The maximum absolute atomic E-state index is 13.6. The Balaban J connectivity index is 1.52. The van der Waals surface area contributed by atoms with Crippen LogP contribution >= 0.6 is 0 Å². The van der Waals surface area contributed by atoms with Crippen molar-refractivity contribution in [3.63, 3.8) is 0 Å². The van der Waals surface area contributed by atoms with Crippen LogP contribution in [0, 0.1) is 5.82 Å². The molecule has 1 atom stereocenters. The van der Waals surface area contributed by atoms with Gasteiger partial charge in [0.05, 0.1) is 5.69 Å². The van der Waals surface area contributed by atoms with Gasteiger partial charge in [-0.1, -0.05) is 30.3 Å². The van der Waals surface area contributed by atoms with E-state index in [1.54, 1.807) is 24.4 Å². The molecule has 2 aromatic carbocycles. The number of benzene rings is 2. The van der Waals surface area contributed by atoms with Crippen molar-refractivity contribution in [3.05, 3.63) is 83.4 Å². The Kier molecular flexibility index (Phi) is 5.46. The van der Waals surface area contributed by atoms with Crippen LogP contribution in [-0.4, -0.2) is 9.78 Å². The number of rotatable bonds is 7. The van der Waals surface area contributed by atoms with Crippen LogP contribution in [0.4, 0.5) is 4.39 Å². The van der Waals surface area contributed by atoms with Gasteiger partial charge in [-0.25, -0.2) is 4.39 Å². The lowest BCUT2D eigenvalue weighted by Gasteiger charge is -2.14. The molecule has 4 nitrogen and oxygen atoms in total. The first-order valence-corrected chi connectivity index (χ1v) is 8.30. The van der Waals surface area contributed by atoms with Crippen LogP contribution in [-0.2, 0) is 20.2 Å². The van der Waals surface area contributed by atoms with Gasteiger partial charge in [-0.15, -0.1) is 0 Å². The third-order valence-electron chi connectivity index (χ3n) is 4.19. The highest BCUT2D eigenvalue weighted by atomic mass is 19.1. The van der Waals surface area contributed by atoms with Gasteiger partial charge in [-0.05, 0) is 36.8 Å². The summed E-state index contributed by atoms with van der Waals surface area (Å²) in [6.07, 6.45) is 1.80. The average Bonchev–Trinajstić information content (AvgIpc) is 3.06. The van der Waals surface area contributed by atoms with Gasteiger partial charge in [0.25, 0.3) is 0 Å². The quantitative estimate of drug-likeness (QED) is 0.707. The smallest absolute Gasteiger partial charge is 0.129 e. The largest absolute Gasteiger partial charge is 0.489 e. The molecule has 1 aromatic heterocycles. The van der Waals surface area contributed by atoms with E-state index in [1.165, 1.54) is 6.07 Å². The molecule has 0 saturated carbocycles. The van der Waals surface area contributed by atoms with Crippen LogP contribution in [0.15, 0.2) is 60.8 Å². The maximum Gasteiger partial charge on any atom is 0.129 e. The Labute approximate surface area is 147 Å². The van der Waals surface area contributed by atoms with Crippen molar-refractivity contribution < 1.29 is 9.13 Å². The van der Waals surface area contributed by atoms with Crippen molar-refractivity contribution in [2.75, 3.05) is 0 Å². The normalized spacial score (nSPS) is 12.1. The number of nitrogens with one attached hydrogen (secondary N) is 1. The van der Waals surface area contributed by atoms with Crippen molar-refractivity contribution in [2.24, 2.45) is 7.05 Å². The predicted octanol–water partition coefficient (Wildman–Crippen LogP) is 3.99. The summed E-state index contributed by atoms with van der Waals surface area (Å²) in [5.74, 6) is 0.485. The van der Waals surface area contributed by atoms with Crippen LogP contribution in [0.5, 0.6) is 5.75 Å². The lowest BCUT2D eigenvalue weighted by Crippen LogP contribution is -2.20. The Morgan fingerprint density at radius 3 is 2.56 bits per heavy atom. The molecular weight excluding hydrogens is 317 g/mol. The Hall–Kier alpha value is -2.66. The van der Waals surface area contributed by atoms with E-state index in [1.807, 2.05) is 42.1 Å². The number of aryl methyl sites for hydroxylation is 1. The highest BCUT2D eigenvalue weighted by Gasteiger charge is 2.08. The molecule has 0 fully saturated rings. The number of hydrogen-bond donors (Lipinski definition) is 1. The first-order valence-electron chi connectivity index (χ1n) is 8.30. The summed E-state index contributed by atoms with van der Waals surface area (Å²) < 4.78 is 21.1. The van der Waals surface area contributed by atoms with E-state index in [0.717, 1.165) is 23.6 Å². The standard InChI is InChI=1S/C20H22FN3O/c1-15(20-11-12-23-24(20)2)22-13-16-7-9-18(10-8-16)25-14-17-5-3-4-6-19(17)21/h3-12,15,22H,13-14H2,1-2H3/t15-/m0/s1. The predicted molar refractivity (Wildman–Crippen MR) is 95.6 cm³/mol. The first-order chi connectivity index (χ1) is 12.1.